The molecule has 0 atom stereocenters. The minimum Gasteiger partial charge on any atom is -0.444 e. The Labute approximate surface area is 171 Å². The molecule has 156 valence electrons. The van der Waals surface area contributed by atoms with Crippen molar-refractivity contribution < 1.29 is 18.8 Å². The Hall–Kier alpha value is -1.70. The van der Waals surface area contributed by atoms with Gasteiger partial charge in [0.05, 0.1) is 11.4 Å². The molecule has 2 fully saturated rings. The molecule has 7 nitrogen and oxygen atoms in total. The van der Waals surface area contributed by atoms with E-state index in [-0.39, 0.29) is 17.5 Å². The molecule has 0 unspecified atom stereocenters. The number of hydrogen-bond acceptors (Lipinski definition) is 6. The molecule has 2 amide bonds. The third-order valence-corrected chi connectivity index (χ3v) is 6.62. The molecule has 2 aliphatic rings. The van der Waals surface area contributed by atoms with Gasteiger partial charge in [0.25, 0.3) is 0 Å². The maximum absolute atomic E-state index is 12.8. The van der Waals surface area contributed by atoms with Gasteiger partial charge in [-0.1, -0.05) is 5.16 Å². The van der Waals surface area contributed by atoms with Gasteiger partial charge in [0.15, 0.2) is 0 Å². The molecule has 0 aliphatic carbocycles. The molecule has 1 aromatic rings. The fourth-order valence-corrected chi connectivity index (χ4v) is 4.96. The second-order valence-corrected chi connectivity index (χ2v) is 9.77. The van der Waals surface area contributed by atoms with Crippen molar-refractivity contribution in [2.45, 2.75) is 70.8 Å². The first-order valence-corrected chi connectivity index (χ1v) is 11.0. The van der Waals surface area contributed by atoms with Gasteiger partial charge in [-0.2, -0.15) is 0 Å². The lowest BCUT2D eigenvalue weighted by Crippen LogP contribution is -2.66. The molecule has 0 bridgehead atoms. The first-order chi connectivity index (χ1) is 13.1. The number of aromatic nitrogens is 1. The number of hydrogen-bond donors (Lipinski definition) is 0. The summed E-state index contributed by atoms with van der Waals surface area (Å²) in [7, 11) is 0. The topological polar surface area (TPSA) is 75.9 Å². The van der Waals surface area contributed by atoms with Crippen molar-refractivity contribution in [3.05, 3.63) is 17.0 Å². The second-order valence-electron chi connectivity index (χ2n) is 8.78. The number of aryl methyl sites for hydroxylation is 2. The van der Waals surface area contributed by atoms with Crippen molar-refractivity contribution in [2.75, 3.05) is 25.4 Å². The summed E-state index contributed by atoms with van der Waals surface area (Å²) in [5, 5.41) is 3.96. The quantitative estimate of drug-likeness (QED) is 0.757. The molecule has 0 aromatic carbocycles. The van der Waals surface area contributed by atoms with Crippen molar-refractivity contribution >= 4 is 23.8 Å². The molecule has 1 aromatic heterocycles. The molecule has 28 heavy (non-hydrogen) atoms. The van der Waals surface area contributed by atoms with Gasteiger partial charge in [-0.05, 0) is 53.9 Å². The zero-order chi connectivity index (χ0) is 20.5. The number of carbonyl (C=O) groups excluding carboxylic acids is 2. The summed E-state index contributed by atoms with van der Waals surface area (Å²) >= 11 is 1.61. The van der Waals surface area contributed by atoms with Gasteiger partial charge in [0.1, 0.15) is 11.4 Å². The second kappa shape index (κ2) is 7.97. The van der Waals surface area contributed by atoms with Crippen molar-refractivity contribution in [2.24, 2.45) is 0 Å². The minimum absolute atomic E-state index is 0.0703. The van der Waals surface area contributed by atoms with Gasteiger partial charge in [-0.15, -0.1) is 11.8 Å². The number of amides is 2. The number of ether oxygens (including phenoxy) is 1. The number of nitrogens with zero attached hydrogens (tertiary/aromatic N) is 3. The molecular weight excluding hydrogens is 378 g/mol. The Morgan fingerprint density at radius 3 is 2.32 bits per heavy atom. The maximum atomic E-state index is 12.8. The molecule has 3 heterocycles. The smallest absolute Gasteiger partial charge is 0.410 e. The molecule has 0 saturated carbocycles. The predicted molar refractivity (Wildman–Crippen MR) is 108 cm³/mol. The highest BCUT2D eigenvalue weighted by Crippen LogP contribution is 2.40. The van der Waals surface area contributed by atoms with Crippen LogP contribution < -0.4 is 0 Å². The zero-order valence-corrected chi connectivity index (χ0v) is 18.4. The van der Waals surface area contributed by atoms with E-state index in [1.54, 1.807) is 16.7 Å². The molecule has 8 heteroatoms. The zero-order valence-electron chi connectivity index (χ0n) is 17.5. The van der Waals surface area contributed by atoms with Crippen molar-refractivity contribution in [1.82, 2.24) is 15.0 Å². The fraction of sp³-hybridized carbons (Fsp3) is 0.750. The number of piperidine rings is 1. The Kier molecular flexibility index (Phi) is 5.98. The SMILES string of the molecule is Cc1noc(C)c1CSCC(=O)N1CCC12CCN(C(=O)OC(C)(C)C)CC2. The number of thioether (sulfide) groups is 1. The van der Waals surface area contributed by atoms with Gasteiger partial charge >= 0.3 is 6.09 Å². The average molecular weight is 410 g/mol. The van der Waals surface area contributed by atoms with E-state index in [2.05, 4.69) is 5.16 Å². The molecule has 2 saturated heterocycles. The van der Waals surface area contributed by atoms with Crippen molar-refractivity contribution in [3.8, 4) is 0 Å². The van der Waals surface area contributed by atoms with Crippen LogP contribution >= 0.6 is 11.8 Å². The summed E-state index contributed by atoms with van der Waals surface area (Å²) in [5.74, 6) is 2.21. The van der Waals surface area contributed by atoms with E-state index in [1.807, 2.05) is 39.5 Å². The van der Waals surface area contributed by atoms with E-state index in [9.17, 15) is 9.59 Å². The number of carbonyl (C=O) groups is 2. The van der Waals surface area contributed by atoms with Gasteiger partial charge < -0.3 is 19.1 Å². The Balaban J connectivity index is 1.48. The summed E-state index contributed by atoms with van der Waals surface area (Å²) in [5.41, 5.74) is 1.43. The van der Waals surface area contributed by atoms with E-state index in [1.165, 1.54) is 0 Å². The van der Waals surface area contributed by atoms with E-state index in [0.29, 0.717) is 18.8 Å². The normalized spacial score (nSPS) is 18.9. The van der Waals surface area contributed by atoms with Gasteiger partial charge in [-0.25, -0.2) is 4.79 Å². The first kappa shape index (κ1) is 21.0. The molecule has 3 rings (SSSR count). The van der Waals surface area contributed by atoms with E-state index in [0.717, 1.165) is 48.6 Å². The van der Waals surface area contributed by atoms with Crippen LogP contribution in [0, 0.1) is 13.8 Å². The summed E-state index contributed by atoms with van der Waals surface area (Å²) in [4.78, 5) is 28.8. The Morgan fingerprint density at radius 1 is 1.18 bits per heavy atom. The van der Waals surface area contributed by atoms with Gasteiger partial charge in [0, 0.05) is 36.5 Å². The van der Waals surface area contributed by atoms with Crippen LogP contribution in [0.4, 0.5) is 4.79 Å². The molecule has 0 N–H and O–H groups in total. The third kappa shape index (κ3) is 4.47. The van der Waals surface area contributed by atoms with Crippen molar-refractivity contribution in [3.63, 3.8) is 0 Å². The summed E-state index contributed by atoms with van der Waals surface area (Å²) in [6.45, 7) is 11.6. The number of rotatable bonds is 4. The Bertz CT molecular complexity index is 713. The highest BCUT2D eigenvalue weighted by Gasteiger charge is 2.49. The first-order valence-electron chi connectivity index (χ1n) is 9.89. The summed E-state index contributed by atoms with van der Waals surface area (Å²) < 4.78 is 10.7. The van der Waals surface area contributed by atoms with Crippen LogP contribution in [0.15, 0.2) is 4.52 Å². The monoisotopic (exact) mass is 409 g/mol. The van der Waals surface area contributed by atoms with Crippen LogP contribution in [0.1, 0.15) is 57.1 Å². The van der Waals surface area contributed by atoms with Crippen LogP contribution in [-0.2, 0) is 15.3 Å². The molecule has 1 spiro atoms. The van der Waals surface area contributed by atoms with Crippen LogP contribution in [-0.4, -0.2) is 63.5 Å². The van der Waals surface area contributed by atoms with Gasteiger partial charge in [-0.3, -0.25) is 4.79 Å². The lowest BCUT2D eigenvalue weighted by Gasteiger charge is -2.56. The summed E-state index contributed by atoms with van der Waals surface area (Å²) in [6, 6.07) is 0. The van der Waals surface area contributed by atoms with Crippen LogP contribution in [0.2, 0.25) is 0 Å². The molecule has 2 aliphatic heterocycles. The molecular formula is C20H31N3O4S. The average Bonchev–Trinajstić information content (AvgIpc) is 2.91. The van der Waals surface area contributed by atoms with Crippen LogP contribution in [0.25, 0.3) is 0 Å². The van der Waals surface area contributed by atoms with Crippen LogP contribution in [0.5, 0.6) is 0 Å². The third-order valence-electron chi connectivity index (χ3n) is 5.67. The highest BCUT2D eigenvalue weighted by atomic mass is 32.2. The lowest BCUT2D eigenvalue weighted by atomic mass is 9.76. The largest absolute Gasteiger partial charge is 0.444 e. The van der Waals surface area contributed by atoms with Gasteiger partial charge in [0.2, 0.25) is 5.91 Å². The van der Waals surface area contributed by atoms with Crippen LogP contribution in [0.3, 0.4) is 0 Å². The predicted octanol–water partition coefficient (Wildman–Crippen LogP) is 3.53. The maximum Gasteiger partial charge on any atom is 0.410 e. The highest BCUT2D eigenvalue weighted by molar-refractivity contribution is 7.99. The fourth-order valence-electron chi connectivity index (χ4n) is 3.91. The van der Waals surface area contributed by atoms with E-state index in [4.69, 9.17) is 9.26 Å². The van der Waals surface area contributed by atoms with E-state index >= 15 is 0 Å². The number of likely N-dealkylation sites (tertiary alicyclic amines) is 2. The standard InChI is InChI=1S/C20H31N3O4S/c1-14-16(15(2)27-21-14)12-28-13-17(24)23-11-8-20(23)6-9-22(10-7-20)18(25)26-19(3,4)5/h6-13H2,1-5H3. The molecule has 0 radical (unpaired) electrons. The Morgan fingerprint density at radius 2 is 1.82 bits per heavy atom. The van der Waals surface area contributed by atoms with Crippen molar-refractivity contribution in [1.29, 1.82) is 0 Å². The minimum atomic E-state index is -0.483. The van der Waals surface area contributed by atoms with E-state index < -0.39 is 5.60 Å². The summed E-state index contributed by atoms with van der Waals surface area (Å²) in [6.07, 6.45) is 2.42. The lowest BCUT2D eigenvalue weighted by molar-refractivity contribution is -0.148.